The highest BCUT2D eigenvalue weighted by Crippen LogP contribution is 2.65. The number of urea groups is 1. The lowest BCUT2D eigenvalue weighted by atomic mass is 9.95. The zero-order chi connectivity index (χ0) is 12.6. The summed E-state index contributed by atoms with van der Waals surface area (Å²) in [5, 5.41) is 2.98. The minimum absolute atomic E-state index is 0. The quantitative estimate of drug-likeness (QED) is 0.759. The number of hydrogen-bond acceptors (Lipinski definition) is 1. The number of carbonyl (C=O) groups excluding carboxylic acids is 1. The number of hydrogen-bond donors (Lipinski definition) is 1. The zero-order valence-corrected chi connectivity index (χ0v) is 10.1. The minimum Gasteiger partial charge on any atom is -0.307 e. The van der Waals surface area contributed by atoms with Crippen LogP contribution in [0.5, 0.6) is 0 Å². The van der Waals surface area contributed by atoms with E-state index in [4.69, 9.17) is 0 Å². The maximum absolute atomic E-state index is 12.4. The number of carbonyl (C=O) groups is 1. The monoisotopic (exact) mass is 248 g/mol. The van der Waals surface area contributed by atoms with Gasteiger partial charge in [0, 0.05) is 18.2 Å². The van der Waals surface area contributed by atoms with Crippen LogP contribution in [0.1, 0.15) is 12.6 Å². The van der Waals surface area contributed by atoms with Crippen molar-refractivity contribution >= 4 is 23.0 Å². The molecule has 0 fully saturated rings. The maximum atomic E-state index is 12.4. The minimum atomic E-state index is -0.317. The van der Waals surface area contributed by atoms with Crippen molar-refractivity contribution in [3.05, 3.63) is 65.7 Å². The van der Waals surface area contributed by atoms with E-state index in [1.807, 2.05) is 41.3 Å². The second-order valence-corrected chi connectivity index (χ2v) is 5.15. The molecule has 19 heavy (non-hydrogen) atoms. The Morgan fingerprint density at radius 3 is 2.79 bits per heavy atom. The topological polar surface area (TPSA) is 32.3 Å². The van der Waals surface area contributed by atoms with Crippen molar-refractivity contribution < 1.29 is 6.22 Å². The Bertz CT molecular complexity index is 799. The molecule has 0 saturated carbocycles. The van der Waals surface area contributed by atoms with E-state index in [9.17, 15) is 4.79 Å². The Hall–Kier alpha value is -2.55. The van der Waals surface area contributed by atoms with Crippen LogP contribution in [0, 0.1) is 0 Å². The van der Waals surface area contributed by atoms with Gasteiger partial charge < -0.3 is 5.32 Å². The summed E-state index contributed by atoms with van der Waals surface area (Å²) in [5.74, 6) is 0. The fourth-order valence-electron chi connectivity index (χ4n) is 3.44. The molecule has 3 aliphatic rings. The molecule has 3 heteroatoms. The second kappa shape index (κ2) is 2.72. The van der Waals surface area contributed by atoms with Gasteiger partial charge >= 0.3 is 6.03 Å². The molecule has 1 N–H and O–H groups in total. The number of amides is 2. The third kappa shape index (κ3) is 0.877. The largest absolute Gasteiger partial charge is 0.327 e. The van der Waals surface area contributed by atoms with Gasteiger partial charge in [-0.25, -0.2) is 4.79 Å². The lowest BCUT2D eigenvalue weighted by Gasteiger charge is -2.35. The van der Waals surface area contributed by atoms with Crippen molar-refractivity contribution in [2.45, 2.75) is 5.54 Å². The number of benzene rings is 2. The Labute approximate surface area is 111 Å². The normalized spacial score (nSPS) is 24.7. The molecular weight excluding hydrogens is 236 g/mol. The molecule has 1 spiro atoms. The fraction of sp³-hybridized carbons (Fsp3) is 0.0625. The van der Waals surface area contributed by atoms with E-state index in [1.165, 1.54) is 16.7 Å². The van der Waals surface area contributed by atoms with E-state index in [0.29, 0.717) is 0 Å². The molecule has 2 aromatic rings. The summed E-state index contributed by atoms with van der Waals surface area (Å²) in [5.41, 5.74) is 5.21. The van der Waals surface area contributed by atoms with Crippen LogP contribution in [-0.2, 0) is 5.54 Å². The number of nitrogens with one attached hydrogen (secondary N) is 1. The van der Waals surface area contributed by atoms with Crippen LogP contribution >= 0.6 is 0 Å². The Balaban J connectivity index is 0.00000106. The first-order valence-electron chi connectivity index (χ1n) is 6.36. The van der Waals surface area contributed by atoms with Gasteiger partial charge in [0.05, 0.1) is 5.69 Å². The first-order valence-corrected chi connectivity index (χ1v) is 6.36. The van der Waals surface area contributed by atoms with Crippen molar-refractivity contribution in [3.8, 4) is 0 Å². The van der Waals surface area contributed by atoms with Crippen LogP contribution in [0.2, 0.25) is 0 Å². The van der Waals surface area contributed by atoms with Crippen molar-refractivity contribution in [1.29, 1.82) is 0 Å². The predicted molar refractivity (Wildman–Crippen MR) is 76.2 cm³/mol. The van der Waals surface area contributed by atoms with Gasteiger partial charge in [-0.1, -0.05) is 36.4 Å². The van der Waals surface area contributed by atoms with E-state index in [-0.39, 0.29) is 13.0 Å². The lowest BCUT2D eigenvalue weighted by Crippen LogP contribution is -2.47. The smallest absolute Gasteiger partial charge is 0.307 e. The molecule has 1 unspecified atom stereocenters. The molecule has 5 rings (SSSR count). The molecule has 0 saturated heterocycles. The van der Waals surface area contributed by atoms with Gasteiger partial charge in [0.15, 0.2) is 0 Å². The van der Waals surface area contributed by atoms with Gasteiger partial charge in [0.25, 0.3) is 0 Å². The summed E-state index contributed by atoms with van der Waals surface area (Å²) in [6.45, 7) is 0. The molecule has 2 heterocycles. The van der Waals surface area contributed by atoms with Gasteiger partial charge in [-0.2, -0.15) is 0 Å². The summed E-state index contributed by atoms with van der Waals surface area (Å²) in [7, 11) is 0. The van der Waals surface area contributed by atoms with Crippen molar-refractivity contribution in [3.63, 3.8) is 0 Å². The van der Waals surface area contributed by atoms with Crippen LogP contribution in [-0.4, -0.2) is 6.03 Å². The molecule has 2 amide bonds. The number of para-hydroxylation sites is 2. The molecule has 1 aliphatic carbocycles. The third-order valence-corrected chi connectivity index (χ3v) is 4.25. The zero-order valence-electron chi connectivity index (χ0n) is 10.1. The highest BCUT2D eigenvalue weighted by molar-refractivity contribution is 6.20. The van der Waals surface area contributed by atoms with Gasteiger partial charge in [-0.05, 0) is 23.8 Å². The summed E-state index contributed by atoms with van der Waals surface area (Å²) in [4.78, 5) is 14.3. The van der Waals surface area contributed by atoms with Crippen LogP contribution in [0.3, 0.4) is 0 Å². The average molecular weight is 248 g/mol. The molecule has 2 aliphatic heterocycles. The van der Waals surface area contributed by atoms with Crippen LogP contribution < -0.4 is 10.2 Å². The molecule has 0 bridgehead atoms. The molecular formula is C16H12N2O. The van der Waals surface area contributed by atoms with Gasteiger partial charge in [0.1, 0.15) is 5.54 Å². The Kier molecular flexibility index (Phi) is 1.34. The van der Waals surface area contributed by atoms with E-state index in [2.05, 4.69) is 23.5 Å². The first kappa shape index (κ1) is 9.39. The number of nitrogens with zero attached hydrogens (tertiary/aromatic N) is 1. The van der Waals surface area contributed by atoms with E-state index in [1.54, 1.807) is 0 Å². The van der Waals surface area contributed by atoms with Gasteiger partial charge in [0.2, 0.25) is 0 Å². The molecule has 0 radical (unpaired) electrons. The van der Waals surface area contributed by atoms with Crippen molar-refractivity contribution in [2.24, 2.45) is 0 Å². The third-order valence-electron chi connectivity index (χ3n) is 4.25. The van der Waals surface area contributed by atoms with Crippen LogP contribution in [0.25, 0.3) is 5.57 Å². The van der Waals surface area contributed by atoms with Crippen molar-refractivity contribution in [2.75, 3.05) is 10.2 Å². The summed E-state index contributed by atoms with van der Waals surface area (Å²) >= 11 is 0. The Morgan fingerprint density at radius 1 is 1.05 bits per heavy atom. The lowest BCUT2D eigenvalue weighted by molar-refractivity contribution is 0.254. The highest BCUT2D eigenvalue weighted by atomic mass is 16.2. The molecule has 1 atom stereocenters. The SMILES string of the molecule is O=C1Nc2ccccc2C23C=C2c2ccccc2N13.[HH]. The maximum Gasteiger partial charge on any atom is 0.327 e. The van der Waals surface area contributed by atoms with E-state index < -0.39 is 0 Å². The van der Waals surface area contributed by atoms with Crippen molar-refractivity contribution in [1.82, 2.24) is 0 Å². The highest BCUT2D eigenvalue weighted by Gasteiger charge is 2.62. The summed E-state index contributed by atoms with van der Waals surface area (Å²) in [6, 6.07) is 16.1. The molecule has 0 aromatic heterocycles. The molecule has 92 valence electrons. The fourth-order valence-corrected chi connectivity index (χ4v) is 3.44. The van der Waals surface area contributed by atoms with Gasteiger partial charge in [-0.3, -0.25) is 4.90 Å². The standard InChI is InChI=1S/C16H10N2O.H2/c19-15-17-13-7-3-2-6-11(13)16-9-12(16)10-5-1-4-8-14(10)18(15)16;/h1-9H,(H,17,19);1H. The second-order valence-electron chi connectivity index (χ2n) is 5.15. The predicted octanol–water partition coefficient (Wildman–Crippen LogP) is 3.59. The Morgan fingerprint density at radius 2 is 1.84 bits per heavy atom. The summed E-state index contributed by atoms with van der Waals surface area (Å²) < 4.78 is 0. The first-order chi connectivity index (χ1) is 9.32. The van der Waals surface area contributed by atoms with Crippen LogP contribution in [0.4, 0.5) is 16.2 Å². The van der Waals surface area contributed by atoms with E-state index in [0.717, 1.165) is 11.4 Å². The van der Waals surface area contributed by atoms with Crippen LogP contribution in [0.15, 0.2) is 54.6 Å². The summed E-state index contributed by atoms with van der Waals surface area (Å²) in [6.07, 6.45) is 2.19. The number of anilines is 2. The van der Waals surface area contributed by atoms with Gasteiger partial charge in [-0.15, -0.1) is 0 Å². The van der Waals surface area contributed by atoms with E-state index >= 15 is 0 Å². The molecule has 3 nitrogen and oxygen atoms in total. The molecule has 2 aromatic carbocycles. The number of fused-ring (bicyclic) bond motifs is 4. The number of rotatable bonds is 0. The average Bonchev–Trinajstić information content (AvgIpc) is 3.09.